The molecule has 1 heterocycles. The summed E-state index contributed by atoms with van der Waals surface area (Å²) in [5, 5.41) is 9.24. The quantitative estimate of drug-likeness (QED) is 0.883. The van der Waals surface area contributed by atoms with Crippen molar-refractivity contribution in [3.8, 4) is 17.3 Å². The molecule has 0 bridgehead atoms. The van der Waals surface area contributed by atoms with Crippen LogP contribution in [0.1, 0.15) is 43.2 Å². The maximum atomic E-state index is 14.5. The number of rotatable bonds is 4. The van der Waals surface area contributed by atoms with Crippen LogP contribution in [0.25, 0.3) is 11.3 Å². The van der Waals surface area contributed by atoms with Crippen molar-refractivity contribution < 1.29 is 9.13 Å². The predicted octanol–water partition coefficient (Wildman–Crippen LogP) is 3.17. The monoisotopic (exact) mass is 341 g/mol. The van der Waals surface area contributed by atoms with Gasteiger partial charge in [0.1, 0.15) is 23.3 Å². The molecule has 1 aliphatic carbocycles. The minimum absolute atomic E-state index is 0.0184. The average molecular weight is 341 g/mol. The Balaban J connectivity index is 1.81. The van der Waals surface area contributed by atoms with Crippen molar-refractivity contribution in [2.75, 3.05) is 11.5 Å². The van der Waals surface area contributed by atoms with Gasteiger partial charge in [-0.15, -0.1) is 0 Å². The predicted molar refractivity (Wildman–Crippen MR) is 92.6 cm³/mol. The van der Waals surface area contributed by atoms with Gasteiger partial charge in [-0.2, -0.15) is 10.2 Å². The Morgan fingerprint density at radius 2 is 1.96 bits per heavy atom. The molecular weight excluding hydrogens is 321 g/mol. The fraction of sp³-hybridized carbons (Fsp3) is 0.389. The van der Waals surface area contributed by atoms with E-state index < -0.39 is 5.82 Å². The Labute approximate surface area is 145 Å². The van der Waals surface area contributed by atoms with Crippen LogP contribution >= 0.6 is 0 Å². The van der Waals surface area contributed by atoms with Crippen molar-refractivity contribution in [3.05, 3.63) is 35.1 Å². The summed E-state index contributed by atoms with van der Waals surface area (Å²) in [4.78, 5) is 7.79. The molecule has 0 atom stereocenters. The number of anilines is 2. The molecular formula is C18H20FN5O. The fourth-order valence-electron chi connectivity index (χ4n) is 3.07. The minimum Gasteiger partial charge on any atom is -0.382 e. The molecule has 0 unspecified atom stereocenters. The van der Waals surface area contributed by atoms with E-state index in [9.17, 15) is 9.65 Å². The van der Waals surface area contributed by atoms with Crippen LogP contribution in [0.4, 0.5) is 16.2 Å². The van der Waals surface area contributed by atoms with E-state index in [1.54, 1.807) is 12.1 Å². The molecule has 0 saturated heterocycles. The normalized spacial score (nSPS) is 15.0. The number of ether oxygens (including phenoxy) is 1. The minimum atomic E-state index is -0.409. The third kappa shape index (κ3) is 3.86. The first-order valence-corrected chi connectivity index (χ1v) is 8.32. The van der Waals surface area contributed by atoms with Gasteiger partial charge < -0.3 is 16.2 Å². The topological polar surface area (TPSA) is 111 Å². The Kier molecular flexibility index (Phi) is 5.10. The number of nitrogens with two attached hydrogens (primary N) is 2. The Morgan fingerprint density at radius 3 is 2.64 bits per heavy atom. The van der Waals surface area contributed by atoms with Crippen molar-refractivity contribution in [2.45, 2.75) is 44.8 Å². The van der Waals surface area contributed by atoms with E-state index in [-0.39, 0.29) is 35.7 Å². The highest BCUT2D eigenvalue weighted by molar-refractivity contribution is 5.73. The molecule has 1 saturated carbocycles. The number of halogens is 1. The van der Waals surface area contributed by atoms with Gasteiger partial charge >= 0.3 is 0 Å². The lowest BCUT2D eigenvalue weighted by Crippen LogP contribution is -2.16. The summed E-state index contributed by atoms with van der Waals surface area (Å²) in [6, 6.07) is 6.59. The lowest BCUT2D eigenvalue weighted by atomic mass is 9.98. The zero-order valence-electron chi connectivity index (χ0n) is 13.8. The fourth-order valence-corrected chi connectivity index (χ4v) is 3.07. The van der Waals surface area contributed by atoms with Crippen molar-refractivity contribution >= 4 is 11.8 Å². The molecule has 4 N–H and O–H groups in total. The van der Waals surface area contributed by atoms with Crippen LogP contribution in [0.15, 0.2) is 18.2 Å². The molecule has 0 spiro atoms. The number of nitrogens with zero attached hydrogens (tertiary/aromatic N) is 3. The molecule has 1 aliphatic rings. The maximum absolute atomic E-state index is 14.5. The van der Waals surface area contributed by atoms with Crippen molar-refractivity contribution in [1.29, 1.82) is 5.26 Å². The molecule has 1 fully saturated rings. The zero-order chi connectivity index (χ0) is 17.8. The van der Waals surface area contributed by atoms with Crippen LogP contribution in [-0.4, -0.2) is 16.1 Å². The summed E-state index contributed by atoms with van der Waals surface area (Å²) in [5.41, 5.74) is 12.5. The highest BCUT2D eigenvalue weighted by Gasteiger charge is 2.17. The van der Waals surface area contributed by atoms with Gasteiger partial charge in [-0.1, -0.05) is 31.4 Å². The summed E-state index contributed by atoms with van der Waals surface area (Å²) in [6.45, 7) is 0.232. The number of benzene rings is 1. The van der Waals surface area contributed by atoms with E-state index in [2.05, 4.69) is 9.97 Å². The van der Waals surface area contributed by atoms with Crippen LogP contribution < -0.4 is 11.5 Å². The maximum Gasteiger partial charge on any atom is 0.222 e. The van der Waals surface area contributed by atoms with E-state index in [4.69, 9.17) is 16.2 Å². The standard InChI is InChI=1S/C18H20FN5O/c19-15-8-11(16-14(9-20)17(21)24-18(22)23-16)6-7-12(15)10-25-13-4-2-1-3-5-13/h6-8,13H,1-5,10H2,(H4,21,22,23,24). The second-order valence-electron chi connectivity index (χ2n) is 6.18. The average Bonchev–Trinajstić information content (AvgIpc) is 2.61. The third-order valence-electron chi connectivity index (χ3n) is 4.42. The van der Waals surface area contributed by atoms with Gasteiger partial charge in [0.2, 0.25) is 5.95 Å². The van der Waals surface area contributed by atoms with Gasteiger partial charge in [0.15, 0.2) is 0 Å². The molecule has 2 aromatic rings. The lowest BCUT2D eigenvalue weighted by Gasteiger charge is -2.22. The first-order chi connectivity index (χ1) is 12.1. The summed E-state index contributed by atoms with van der Waals surface area (Å²) in [6.07, 6.45) is 5.85. The second kappa shape index (κ2) is 7.45. The van der Waals surface area contributed by atoms with E-state index in [0.717, 1.165) is 12.8 Å². The molecule has 1 aromatic carbocycles. The van der Waals surface area contributed by atoms with Crippen LogP contribution in [0.2, 0.25) is 0 Å². The molecule has 0 aliphatic heterocycles. The smallest absolute Gasteiger partial charge is 0.222 e. The highest BCUT2D eigenvalue weighted by Crippen LogP contribution is 2.28. The Hall–Kier alpha value is -2.72. The van der Waals surface area contributed by atoms with Gasteiger partial charge in [-0.05, 0) is 18.9 Å². The van der Waals surface area contributed by atoms with E-state index in [1.165, 1.54) is 25.3 Å². The van der Waals surface area contributed by atoms with E-state index in [0.29, 0.717) is 11.1 Å². The summed E-state index contributed by atoms with van der Waals surface area (Å²) in [7, 11) is 0. The number of nitrogen functional groups attached to an aromatic ring is 2. The van der Waals surface area contributed by atoms with Crippen LogP contribution in [-0.2, 0) is 11.3 Å². The van der Waals surface area contributed by atoms with Crippen LogP contribution in [0, 0.1) is 17.1 Å². The van der Waals surface area contributed by atoms with Crippen molar-refractivity contribution in [1.82, 2.24) is 9.97 Å². The number of aromatic nitrogens is 2. The van der Waals surface area contributed by atoms with Gasteiger partial charge in [-0.25, -0.2) is 9.37 Å². The number of hydrogen-bond donors (Lipinski definition) is 2. The van der Waals surface area contributed by atoms with Crippen LogP contribution in [0.3, 0.4) is 0 Å². The third-order valence-corrected chi connectivity index (χ3v) is 4.42. The largest absolute Gasteiger partial charge is 0.382 e. The SMILES string of the molecule is N#Cc1c(N)nc(N)nc1-c1ccc(COC2CCCCC2)c(F)c1. The van der Waals surface area contributed by atoms with Crippen LogP contribution in [0.5, 0.6) is 0 Å². The Morgan fingerprint density at radius 1 is 1.20 bits per heavy atom. The molecule has 7 heteroatoms. The van der Waals surface area contributed by atoms with Crippen molar-refractivity contribution in [3.63, 3.8) is 0 Å². The molecule has 1 aromatic heterocycles. The molecule has 0 amide bonds. The first-order valence-electron chi connectivity index (χ1n) is 8.32. The lowest BCUT2D eigenvalue weighted by molar-refractivity contribution is 0.0156. The van der Waals surface area contributed by atoms with Crippen molar-refractivity contribution in [2.24, 2.45) is 0 Å². The molecule has 0 radical (unpaired) electrons. The van der Waals surface area contributed by atoms with E-state index >= 15 is 0 Å². The molecule has 130 valence electrons. The Bertz CT molecular complexity index is 812. The summed E-state index contributed by atoms with van der Waals surface area (Å²) < 4.78 is 20.3. The van der Waals surface area contributed by atoms with Gasteiger partial charge in [0.25, 0.3) is 0 Å². The highest BCUT2D eigenvalue weighted by atomic mass is 19.1. The number of hydrogen-bond acceptors (Lipinski definition) is 6. The first kappa shape index (κ1) is 17.1. The molecule has 3 rings (SSSR count). The van der Waals surface area contributed by atoms with Gasteiger partial charge in [0, 0.05) is 11.1 Å². The summed E-state index contributed by atoms with van der Waals surface area (Å²) in [5.74, 6) is -0.486. The summed E-state index contributed by atoms with van der Waals surface area (Å²) >= 11 is 0. The second-order valence-corrected chi connectivity index (χ2v) is 6.18. The van der Waals surface area contributed by atoms with Gasteiger partial charge in [-0.3, -0.25) is 0 Å². The molecule has 25 heavy (non-hydrogen) atoms. The number of nitriles is 1. The zero-order valence-corrected chi connectivity index (χ0v) is 13.8. The molecule has 6 nitrogen and oxygen atoms in total. The van der Waals surface area contributed by atoms with E-state index in [1.807, 2.05) is 6.07 Å². The van der Waals surface area contributed by atoms with Gasteiger partial charge in [0.05, 0.1) is 18.4 Å².